The molecular weight excluding hydrogens is 366 g/mol. The summed E-state index contributed by atoms with van der Waals surface area (Å²) in [6.45, 7) is 0.796. The minimum Gasteiger partial charge on any atom is -0.494 e. The molecule has 5 nitrogen and oxygen atoms in total. The van der Waals surface area contributed by atoms with Gasteiger partial charge < -0.3 is 20.5 Å². The molecule has 0 amide bonds. The Bertz CT molecular complexity index is 749. The van der Waals surface area contributed by atoms with Crippen LogP contribution in [0.25, 0.3) is 0 Å². The normalized spacial score (nSPS) is 11.9. The molecule has 0 bridgehead atoms. The Labute approximate surface area is 153 Å². The molecule has 0 spiro atoms. The van der Waals surface area contributed by atoms with Crippen molar-refractivity contribution in [1.29, 1.82) is 0 Å². The smallest absolute Gasteiger partial charge is 0.494 e. The third kappa shape index (κ3) is 7.85. The van der Waals surface area contributed by atoms with Crippen molar-refractivity contribution in [3.05, 3.63) is 54.3 Å². The van der Waals surface area contributed by atoms with Crippen LogP contribution < -0.4 is 20.5 Å². The molecule has 9 heteroatoms. The van der Waals surface area contributed by atoms with E-state index in [0.717, 1.165) is 0 Å². The molecule has 0 aromatic heterocycles. The van der Waals surface area contributed by atoms with Gasteiger partial charge in [0.1, 0.15) is 11.6 Å². The first-order chi connectivity index (χ1) is 12.8. The van der Waals surface area contributed by atoms with Gasteiger partial charge in [-0.1, -0.05) is 12.1 Å². The molecule has 2 aromatic carbocycles. The molecule has 2 aromatic rings. The van der Waals surface area contributed by atoms with Gasteiger partial charge >= 0.3 is 6.36 Å². The Morgan fingerprint density at radius 2 is 1.74 bits per heavy atom. The fourth-order valence-electron chi connectivity index (χ4n) is 2.10. The highest BCUT2D eigenvalue weighted by atomic mass is 19.4. The zero-order valence-corrected chi connectivity index (χ0v) is 14.3. The molecule has 0 aliphatic carbocycles. The van der Waals surface area contributed by atoms with Crippen molar-refractivity contribution in [1.82, 2.24) is 0 Å². The molecule has 0 saturated heterocycles. The predicted molar refractivity (Wildman–Crippen MR) is 94.4 cm³/mol. The fourth-order valence-corrected chi connectivity index (χ4v) is 2.10. The molecule has 0 aliphatic rings. The number of halogens is 4. The summed E-state index contributed by atoms with van der Waals surface area (Å²) < 4.78 is 59.3. The molecule has 2 rings (SSSR count). The zero-order valence-electron chi connectivity index (χ0n) is 14.3. The average Bonchev–Trinajstić information content (AvgIpc) is 2.60. The second-order valence-electron chi connectivity index (χ2n) is 5.45. The molecule has 0 fully saturated rings. The largest absolute Gasteiger partial charge is 0.573 e. The first-order valence-corrected chi connectivity index (χ1v) is 8.13. The molecular formula is C18H19F4N3O2. The second kappa shape index (κ2) is 9.65. The van der Waals surface area contributed by atoms with Crippen LogP contribution in [-0.4, -0.2) is 25.5 Å². The topological polar surface area (TPSA) is 68.9 Å². The van der Waals surface area contributed by atoms with Crippen LogP contribution in [0.1, 0.15) is 12.8 Å². The average molecular weight is 385 g/mol. The van der Waals surface area contributed by atoms with E-state index in [1.54, 1.807) is 6.07 Å². The highest BCUT2D eigenvalue weighted by Gasteiger charge is 2.32. The van der Waals surface area contributed by atoms with Crippen LogP contribution in [-0.2, 0) is 0 Å². The van der Waals surface area contributed by atoms with Crippen molar-refractivity contribution in [2.24, 2.45) is 10.7 Å². The molecule has 146 valence electrons. The van der Waals surface area contributed by atoms with Crippen LogP contribution in [0.15, 0.2) is 53.5 Å². The Kier molecular flexibility index (Phi) is 7.27. The SMILES string of the molecule is NC(=NCCCCOc1ccc(F)cc1)Nc1ccccc1OC(F)(F)F. The van der Waals surface area contributed by atoms with Crippen LogP contribution >= 0.6 is 0 Å². The summed E-state index contributed by atoms with van der Waals surface area (Å²) in [4.78, 5) is 4.05. The lowest BCUT2D eigenvalue weighted by Gasteiger charge is -2.14. The number of benzene rings is 2. The molecule has 0 saturated carbocycles. The number of ether oxygens (including phenoxy) is 2. The van der Waals surface area contributed by atoms with Crippen LogP contribution in [0, 0.1) is 5.82 Å². The Morgan fingerprint density at radius 3 is 2.44 bits per heavy atom. The maximum Gasteiger partial charge on any atom is 0.573 e. The second-order valence-corrected chi connectivity index (χ2v) is 5.45. The van der Waals surface area contributed by atoms with E-state index in [1.165, 1.54) is 42.5 Å². The number of para-hydroxylation sites is 2. The van der Waals surface area contributed by atoms with Crippen molar-refractivity contribution in [2.75, 3.05) is 18.5 Å². The number of aliphatic imine (C=N–C) groups is 1. The van der Waals surface area contributed by atoms with Crippen molar-refractivity contribution >= 4 is 11.6 Å². The molecule has 0 atom stereocenters. The zero-order chi connectivity index (χ0) is 19.7. The van der Waals surface area contributed by atoms with Crippen LogP contribution in [0.5, 0.6) is 11.5 Å². The van der Waals surface area contributed by atoms with Gasteiger partial charge in [0, 0.05) is 6.54 Å². The van der Waals surface area contributed by atoms with Gasteiger partial charge in [0.25, 0.3) is 0 Å². The molecule has 0 unspecified atom stereocenters. The molecule has 0 aliphatic heterocycles. The van der Waals surface area contributed by atoms with E-state index in [-0.39, 0.29) is 17.5 Å². The quantitative estimate of drug-likeness (QED) is 0.308. The van der Waals surface area contributed by atoms with Gasteiger partial charge in [-0.05, 0) is 49.2 Å². The third-order valence-electron chi connectivity index (χ3n) is 3.29. The summed E-state index contributed by atoms with van der Waals surface area (Å²) in [6, 6.07) is 11.2. The number of hydrogen-bond acceptors (Lipinski definition) is 3. The van der Waals surface area contributed by atoms with Gasteiger partial charge in [-0.3, -0.25) is 4.99 Å². The van der Waals surface area contributed by atoms with Crippen molar-refractivity contribution < 1.29 is 27.0 Å². The van der Waals surface area contributed by atoms with E-state index in [1.807, 2.05) is 0 Å². The maximum absolute atomic E-state index is 12.8. The fraction of sp³-hybridized carbons (Fsp3) is 0.278. The van der Waals surface area contributed by atoms with E-state index >= 15 is 0 Å². The molecule has 3 N–H and O–H groups in total. The van der Waals surface area contributed by atoms with Crippen molar-refractivity contribution in [2.45, 2.75) is 19.2 Å². The van der Waals surface area contributed by atoms with Crippen LogP contribution in [0.2, 0.25) is 0 Å². The monoisotopic (exact) mass is 385 g/mol. The number of rotatable bonds is 8. The summed E-state index contributed by atoms with van der Waals surface area (Å²) >= 11 is 0. The van der Waals surface area contributed by atoms with Crippen molar-refractivity contribution in [3.8, 4) is 11.5 Å². The minimum absolute atomic E-state index is 0.0207. The molecule has 0 radical (unpaired) electrons. The third-order valence-corrected chi connectivity index (χ3v) is 3.29. The van der Waals surface area contributed by atoms with E-state index in [2.05, 4.69) is 15.0 Å². The first-order valence-electron chi connectivity index (χ1n) is 8.13. The Balaban J connectivity index is 1.74. The van der Waals surface area contributed by atoms with Gasteiger partial charge in [0.15, 0.2) is 11.7 Å². The summed E-state index contributed by atoms with van der Waals surface area (Å²) in [5.74, 6) is -0.173. The number of anilines is 1. The van der Waals surface area contributed by atoms with E-state index in [0.29, 0.717) is 31.7 Å². The summed E-state index contributed by atoms with van der Waals surface area (Å²) in [7, 11) is 0. The van der Waals surface area contributed by atoms with Gasteiger partial charge in [-0.2, -0.15) is 0 Å². The van der Waals surface area contributed by atoms with Crippen LogP contribution in [0.3, 0.4) is 0 Å². The first kappa shape index (κ1) is 20.3. The summed E-state index contributed by atoms with van der Waals surface area (Å²) in [6.07, 6.45) is -3.46. The summed E-state index contributed by atoms with van der Waals surface area (Å²) in [5.41, 5.74) is 5.76. The number of hydrogen-bond donors (Lipinski definition) is 2. The van der Waals surface area contributed by atoms with Gasteiger partial charge in [-0.15, -0.1) is 13.2 Å². The van der Waals surface area contributed by atoms with Gasteiger partial charge in [0.05, 0.1) is 12.3 Å². The molecule has 0 heterocycles. The minimum atomic E-state index is -4.80. The van der Waals surface area contributed by atoms with Crippen molar-refractivity contribution in [3.63, 3.8) is 0 Å². The predicted octanol–water partition coefficient (Wildman–Crippen LogP) is 4.31. The Hall–Kier alpha value is -2.97. The van der Waals surface area contributed by atoms with E-state index < -0.39 is 12.1 Å². The van der Waals surface area contributed by atoms with E-state index in [9.17, 15) is 17.6 Å². The lowest BCUT2D eigenvalue weighted by atomic mass is 10.3. The lowest BCUT2D eigenvalue weighted by molar-refractivity contribution is -0.274. The maximum atomic E-state index is 12.8. The lowest BCUT2D eigenvalue weighted by Crippen LogP contribution is -2.24. The number of nitrogens with two attached hydrogens (primary N) is 1. The molecule has 27 heavy (non-hydrogen) atoms. The highest BCUT2D eigenvalue weighted by Crippen LogP contribution is 2.29. The summed E-state index contributed by atoms with van der Waals surface area (Å²) in [5, 5.41) is 2.59. The van der Waals surface area contributed by atoms with E-state index in [4.69, 9.17) is 10.5 Å². The highest BCUT2D eigenvalue weighted by molar-refractivity contribution is 5.93. The Morgan fingerprint density at radius 1 is 1.04 bits per heavy atom. The number of guanidine groups is 1. The van der Waals surface area contributed by atoms with Crippen LogP contribution in [0.4, 0.5) is 23.2 Å². The number of alkyl halides is 3. The standard InChI is InChI=1S/C18H19F4N3O2/c19-13-7-9-14(10-8-13)26-12-4-3-11-24-17(23)25-15-5-1-2-6-16(15)27-18(20,21)22/h1-2,5-10H,3-4,11-12H2,(H3,23,24,25). The van der Waals surface area contributed by atoms with Gasteiger partial charge in [-0.25, -0.2) is 4.39 Å². The number of nitrogens with zero attached hydrogens (tertiary/aromatic N) is 1. The number of nitrogens with one attached hydrogen (secondary N) is 1. The van der Waals surface area contributed by atoms with Gasteiger partial charge in [0.2, 0.25) is 0 Å². The number of unbranched alkanes of at least 4 members (excludes halogenated alkanes) is 1.